The van der Waals surface area contributed by atoms with Crippen LogP contribution < -0.4 is 10.2 Å². The van der Waals surface area contributed by atoms with Crippen molar-refractivity contribution < 1.29 is 4.79 Å². The van der Waals surface area contributed by atoms with Gasteiger partial charge in [0.2, 0.25) is 0 Å². The van der Waals surface area contributed by atoms with Crippen LogP contribution in [0.5, 0.6) is 0 Å². The molecular formula is C23H36N4O. The van der Waals surface area contributed by atoms with E-state index in [1.807, 2.05) is 43.3 Å². The van der Waals surface area contributed by atoms with Gasteiger partial charge in [-0.25, -0.2) is 0 Å². The fraction of sp³-hybridized carbons (Fsp3) is 0.696. The Morgan fingerprint density at radius 1 is 1.11 bits per heavy atom. The highest BCUT2D eigenvalue weighted by Gasteiger charge is 2.40. The Bertz CT molecular complexity index is 653. The normalized spacial score (nSPS) is 30.2. The first-order valence-electron chi connectivity index (χ1n) is 11.1. The van der Waals surface area contributed by atoms with Crippen LogP contribution in [0.25, 0.3) is 0 Å². The number of nitrogens with one attached hydrogen (secondary N) is 1. The van der Waals surface area contributed by atoms with Crippen molar-refractivity contribution in [1.29, 1.82) is 0 Å². The monoisotopic (exact) mass is 384 g/mol. The van der Waals surface area contributed by atoms with Gasteiger partial charge in [0.15, 0.2) is 0 Å². The smallest absolute Gasteiger partial charge is 0.251 e. The number of benzene rings is 1. The van der Waals surface area contributed by atoms with Crippen LogP contribution in [0.1, 0.15) is 42.5 Å². The molecule has 0 aliphatic carbocycles. The molecule has 5 heteroatoms. The molecule has 1 amide bonds. The molecule has 0 spiro atoms. The predicted molar refractivity (Wildman–Crippen MR) is 115 cm³/mol. The summed E-state index contributed by atoms with van der Waals surface area (Å²) in [5, 5.41) is 3.19. The molecule has 4 saturated heterocycles. The number of hydrogen-bond donors (Lipinski definition) is 1. The van der Waals surface area contributed by atoms with E-state index in [9.17, 15) is 4.79 Å². The summed E-state index contributed by atoms with van der Waals surface area (Å²) in [6.45, 7) is 7.10. The van der Waals surface area contributed by atoms with E-state index < -0.39 is 0 Å². The molecule has 4 aliphatic rings. The number of fused-ring (bicyclic) bond motifs is 3. The molecule has 1 aromatic carbocycles. The van der Waals surface area contributed by atoms with Gasteiger partial charge in [0.05, 0.1) is 0 Å². The number of piperidine rings is 4. The van der Waals surface area contributed by atoms with Crippen molar-refractivity contribution in [3.05, 3.63) is 29.8 Å². The summed E-state index contributed by atoms with van der Waals surface area (Å²) in [7, 11) is 4.03. The molecule has 0 aromatic heterocycles. The zero-order valence-corrected chi connectivity index (χ0v) is 17.6. The highest BCUT2D eigenvalue weighted by atomic mass is 16.1. The van der Waals surface area contributed by atoms with E-state index >= 15 is 0 Å². The van der Waals surface area contributed by atoms with E-state index in [1.165, 1.54) is 64.8 Å². The van der Waals surface area contributed by atoms with Crippen LogP contribution in [-0.4, -0.2) is 75.1 Å². The van der Waals surface area contributed by atoms with Crippen molar-refractivity contribution in [3.63, 3.8) is 0 Å². The molecule has 154 valence electrons. The molecule has 0 radical (unpaired) electrons. The van der Waals surface area contributed by atoms with Crippen molar-refractivity contribution in [3.8, 4) is 0 Å². The van der Waals surface area contributed by atoms with Gasteiger partial charge in [-0.2, -0.15) is 0 Å². The second-order valence-electron chi connectivity index (χ2n) is 9.21. The van der Waals surface area contributed by atoms with Gasteiger partial charge in [-0.1, -0.05) is 6.42 Å². The molecule has 4 heterocycles. The molecule has 4 aliphatic heterocycles. The summed E-state index contributed by atoms with van der Waals surface area (Å²) in [6.07, 6.45) is 6.76. The summed E-state index contributed by atoms with van der Waals surface area (Å²) >= 11 is 0. The highest BCUT2D eigenvalue weighted by molar-refractivity contribution is 5.94. The first-order valence-corrected chi connectivity index (χ1v) is 11.1. The first kappa shape index (κ1) is 19.7. The number of rotatable bonds is 6. The zero-order valence-electron chi connectivity index (χ0n) is 17.6. The Labute approximate surface area is 170 Å². The van der Waals surface area contributed by atoms with Crippen LogP contribution in [0, 0.1) is 11.8 Å². The zero-order chi connectivity index (χ0) is 19.5. The van der Waals surface area contributed by atoms with Crippen molar-refractivity contribution >= 4 is 11.6 Å². The van der Waals surface area contributed by atoms with Gasteiger partial charge in [0, 0.05) is 51.0 Å². The lowest BCUT2D eigenvalue weighted by atomic mass is 9.75. The van der Waals surface area contributed by atoms with Gasteiger partial charge >= 0.3 is 0 Å². The largest absolute Gasteiger partial charge is 0.378 e. The maximum absolute atomic E-state index is 12.6. The minimum Gasteiger partial charge on any atom is -0.378 e. The Morgan fingerprint density at radius 3 is 2.50 bits per heavy atom. The lowest BCUT2D eigenvalue weighted by Crippen LogP contribution is -2.58. The second kappa shape index (κ2) is 8.83. The summed E-state index contributed by atoms with van der Waals surface area (Å²) in [5.41, 5.74) is 1.87. The van der Waals surface area contributed by atoms with Crippen molar-refractivity contribution in [2.45, 2.75) is 38.1 Å². The molecule has 1 aromatic rings. The average molecular weight is 385 g/mol. The van der Waals surface area contributed by atoms with Crippen LogP contribution in [0.3, 0.4) is 0 Å². The SMILES string of the molecule is CN(C)c1ccc(C(=O)NC[C@@H]2C[C@H]3CCN2C[C@@H]3CN2CCCCC2)cc1. The first-order chi connectivity index (χ1) is 13.6. The van der Waals surface area contributed by atoms with Gasteiger partial charge in [0.25, 0.3) is 5.91 Å². The van der Waals surface area contributed by atoms with Crippen molar-refractivity contribution in [2.24, 2.45) is 11.8 Å². The van der Waals surface area contributed by atoms with Crippen molar-refractivity contribution in [2.75, 3.05) is 58.3 Å². The molecule has 28 heavy (non-hydrogen) atoms. The van der Waals surface area contributed by atoms with Crippen LogP contribution in [0.2, 0.25) is 0 Å². The summed E-state index contributed by atoms with van der Waals surface area (Å²) in [6, 6.07) is 8.37. The third-order valence-electron chi connectivity index (χ3n) is 7.10. The molecule has 1 N–H and O–H groups in total. The quantitative estimate of drug-likeness (QED) is 0.818. The van der Waals surface area contributed by atoms with Gasteiger partial charge in [-0.15, -0.1) is 0 Å². The molecule has 4 atom stereocenters. The lowest BCUT2D eigenvalue weighted by molar-refractivity contribution is -0.0134. The fourth-order valence-corrected chi connectivity index (χ4v) is 5.37. The molecule has 1 unspecified atom stereocenters. The highest BCUT2D eigenvalue weighted by Crippen LogP contribution is 2.36. The summed E-state index contributed by atoms with van der Waals surface area (Å²) in [4.78, 5) is 19.9. The number of hydrogen-bond acceptors (Lipinski definition) is 4. The second-order valence-corrected chi connectivity index (χ2v) is 9.21. The van der Waals surface area contributed by atoms with Crippen LogP contribution in [-0.2, 0) is 0 Å². The minimum atomic E-state index is 0.0535. The molecular weight excluding hydrogens is 348 g/mol. The lowest BCUT2D eigenvalue weighted by Gasteiger charge is -2.51. The fourth-order valence-electron chi connectivity index (χ4n) is 5.37. The van der Waals surface area contributed by atoms with Gasteiger partial charge < -0.3 is 15.1 Å². The van der Waals surface area contributed by atoms with E-state index in [0.717, 1.165) is 29.6 Å². The maximum Gasteiger partial charge on any atom is 0.251 e. The Kier molecular flexibility index (Phi) is 6.22. The Morgan fingerprint density at radius 2 is 1.86 bits per heavy atom. The van der Waals surface area contributed by atoms with Crippen LogP contribution in [0.4, 0.5) is 5.69 Å². The number of carbonyl (C=O) groups excluding carboxylic acids is 1. The molecule has 5 rings (SSSR count). The number of amides is 1. The summed E-state index contributed by atoms with van der Waals surface area (Å²) < 4.78 is 0. The maximum atomic E-state index is 12.6. The predicted octanol–water partition coefficient (Wildman–Crippen LogP) is 2.68. The third-order valence-corrected chi connectivity index (χ3v) is 7.10. The Balaban J connectivity index is 1.26. The van der Waals surface area contributed by atoms with E-state index in [2.05, 4.69) is 15.1 Å². The van der Waals surface area contributed by atoms with Gasteiger partial charge in [-0.05, 0) is 81.4 Å². The summed E-state index contributed by atoms with van der Waals surface area (Å²) in [5.74, 6) is 1.73. The van der Waals surface area contributed by atoms with Gasteiger partial charge in [-0.3, -0.25) is 9.69 Å². The average Bonchev–Trinajstić information content (AvgIpc) is 2.73. The van der Waals surface area contributed by atoms with Gasteiger partial charge in [0.1, 0.15) is 0 Å². The Hall–Kier alpha value is -1.59. The minimum absolute atomic E-state index is 0.0535. The topological polar surface area (TPSA) is 38.8 Å². The van der Waals surface area contributed by atoms with Crippen LogP contribution in [0.15, 0.2) is 24.3 Å². The number of anilines is 1. The molecule has 2 bridgehead atoms. The molecule has 4 fully saturated rings. The van der Waals surface area contributed by atoms with Crippen LogP contribution >= 0.6 is 0 Å². The molecule has 5 nitrogen and oxygen atoms in total. The van der Waals surface area contributed by atoms with E-state index in [4.69, 9.17) is 0 Å². The standard InChI is InChI=1S/C23H36N4O/c1-25(2)21-8-6-18(7-9-21)23(28)24-15-22-14-19-10-13-27(22)17-20(19)16-26-11-4-3-5-12-26/h6-9,19-20,22H,3-5,10-17H2,1-2H3,(H,24,28)/t19-,20+,22+/m1/s1. The third kappa shape index (κ3) is 4.52. The number of likely N-dealkylation sites (tertiary alicyclic amines) is 1. The van der Waals surface area contributed by atoms with E-state index in [-0.39, 0.29) is 5.91 Å². The number of carbonyl (C=O) groups is 1. The van der Waals surface area contributed by atoms with E-state index in [0.29, 0.717) is 6.04 Å². The van der Waals surface area contributed by atoms with Crippen molar-refractivity contribution in [1.82, 2.24) is 15.1 Å². The molecule has 0 saturated carbocycles. The number of nitrogens with zero attached hydrogens (tertiary/aromatic N) is 3. The van der Waals surface area contributed by atoms with E-state index in [1.54, 1.807) is 0 Å².